The minimum Gasteiger partial charge on any atom is -0.495 e. The number of aryl methyl sites for hydroxylation is 1. The Morgan fingerprint density at radius 3 is 2.93 bits per heavy atom. The first kappa shape index (κ1) is 10.2. The van der Waals surface area contributed by atoms with Crippen LogP contribution in [0.15, 0.2) is 36.1 Å². The van der Waals surface area contributed by atoms with Crippen molar-refractivity contribution in [1.29, 1.82) is 0 Å². The first-order valence-corrected chi connectivity index (χ1v) is 5.35. The molecule has 80 valence electrons. The molecule has 0 bridgehead atoms. The summed E-state index contributed by atoms with van der Waals surface area (Å²) in [6.07, 6.45) is 3.42. The number of rotatable bonds is 2. The van der Waals surface area contributed by atoms with Gasteiger partial charge in [0.15, 0.2) is 0 Å². The van der Waals surface area contributed by atoms with E-state index in [4.69, 9.17) is 4.74 Å². The Morgan fingerprint density at radius 2 is 2.27 bits per heavy atom. The monoisotopic (exact) mass is 204 g/mol. The van der Waals surface area contributed by atoms with Crippen LogP contribution < -0.4 is 0 Å². The number of aliphatic hydroxyl groups excluding tert-OH is 1. The summed E-state index contributed by atoms with van der Waals surface area (Å²) in [4.78, 5) is 0. The maximum Gasteiger partial charge on any atom is 0.136 e. The van der Waals surface area contributed by atoms with Gasteiger partial charge in [-0.05, 0) is 31.4 Å². The Hall–Kier alpha value is -1.28. The summed E-state index contributed by atoms with van der Waals surface area (Å²) in [6, 6.07) is 7.89. The predicted molar refractivity (Wildman–Crippen MR) is 59.4 cm³/mol. The van der Waals surface area contributed by atoms with Crippen molar-refractivity contribution >= 4 is 0 Å². The molecule has 1 unspecified atom stereocenters. The maximum atomic E-state index is 10.1. The molecule has 0 saturated carbocycles. The van der Waals surface area contributed by atoms with Gasteiger partial charge in [-0.15, -0.1) is 0 Å². The standard InChI is InChI=1S/C13H16O2/c1-10-5-4-6-11(9-10)13(14)12-7-2-3-8-15-12/h4-7,9,13-14H,2-3,8H2,1H3. The first-order chi connectivity index (χ1) is 7.27. The lowest BCUT2D eigenvalue weighted by atomic mass is 10.0. The van der Waals surface area contributed by atoms with Crippen LogP contribution in [0.25, 0.3) is 0 Å². The van der Waals surface area contributed by atoms with Crippen molar-refractivity contribution in [2.75, 3.05) is 6.61 Å². The average Bonchev–Trinajstić information content (AvgIpc) is 2.29. The van der Waals surface area contributed by atoms with Gasteiger partial charge in [0.25, 0.3) is 0 Å². The van der Waals surface area contributed by atoms with Gasteiger partial charge >= 0.3 is 0 Å². The van der Waals surface area contributed by atoms with E-state index in [1.165, 1.54) is 0 Å². The van der Waals surface area contributed by atoms with Crippen LogP contribution in [0.1, 0.15) is 30.1 Å². The molecule has 2 heteroatoms. The molecule has 15 heavy (non-hydrogen) atoms. The zero-order valence-electron chi connectivity index (χ0n) is 8.94. The molecule has 1 atom stereocenters. The van der Waals surface area contributed by atoms with Gasteiger partial charge in [-0.3, -0.25) is 0 Å². The number of aliphatic hydroxyl groups is 1. The summed E-state index contributed by atoms with van der Waals surface area (Å²) in [7, 11) is 0. The smallest absolute Gasteiger partial charge is 0.136 e. The molecule has 0 aromatic heterocycles. The van der Waals surface area contributed by atoms with Gasteiger partial charge in [0.2, 0.25) is 0 Å². The molecule has 1 aromatic rings. The van der Waals surface area contributed by atoms with E-state index in [1.807, 2.05) is 37.3 Å². The minimum absolute atomic E-state index is 0.606. The Morgan fingerprint density at radius 1 is 1.40 bits per heavy atom. The van der Waals surface area contributed by atoms with Crippen molar-refractivity contribution in [2.24, 2.45) is 0 Å². The summed E-state index contributed by atoms with van der Waals surface area (Å²) in [6.45, 7) is 2.74. The maximum absolute atomic E-state index is 10.1. The molecule has 1 aliphatic rings. The van der Waals surface area contributed by atoms with Gasteiger partial charge in [-0.1, -0.05) is 29.8 Å². The van der Waals surface area contributed by atoms with Gasteiger partial charge in [-0.25, -0.2) is 0 Å². The van der Waals surface area contributed by atoms with E-state index in [0.717, 1.165) is 24.0 Å². The fraction of sp³-hybridized carbons (Fsp3) is 0.385. The van der Waals surface area contributed by atoms with Crippen LogP contribution in [0.3, 0.4) is 0 Å². The number of ether oxygens (including phenoxy) is 1. The molecule has 1 aliphatic heterocycles. The van der Waals surface area contributed by atoms with E-state index < -0.39 is 6.10 Å². The molecule has 2 rings (SSSR count). The fourth-order valence-electron chi connectivity index (χ4n) is 1.77. The van der Waals surface area contributed by atoms with Crippen molar-refractivity contribution in [1.82, 2.24) is 0 Å². The van der Waals surface area contributed by atoms with Crippen molar-refractivity contribution in [3.05, 3.63) is 47.2 Å². The summed E-state index contributed by atoms with van der Waals surface area (Å²) >= 11 is 0. The van der Waals surface area contributed by atoms with E-state index in [2.05, 4.69) is 0 Å². The van der Waals surface area contributed by atoms with Crippen LogP contribution in [0.5, 0.6) is 0 Å². The number of hydrogen-bond donors (Lipinski definition) is 1. The summed E-state index contributed by atoms with van der Waals surface area (Å²) in [5.41, 5.74) is 2.06. The van der Waals surface area contributed by atoms with Crippen molar-refractivity contribution in [3.8, 4) is 0 Å². The largest absolute Gasteiger partial charge is 0.495 e. The second-order valence-electron chi connectivity index (χ2n) is 3.91. The van der Waals surface area contributed by atoms with Crippen molar-refractivity contribution in [2.45, 2.75) is 25.9 Å². The zero-order chi connectivity index (χ0) is 10.7. The zero-order valence-corrected chi connectivity index (χ0v) is 8.94. The Bertz CT molecular complexity index is 369. The highest BCUT2D eigenvalue weighted by Gasteiger charge is 2.16. The molecule has 0 spiro atoms. The average molecular weight is 204 g/mol. The lowest BCUT2D eigenvalue weighted by Crippen LogP contribution is -2.09. The SMILES string of the molecule is Cc1cccc(C(O)C2=CCCCO2)c1. The highest BCUT2D eigenvalue weighted by Crippen LogP contribution is 2.26. The first-order valence-electron chi connectivity index (χ1n) is 5.35. The van der Waals surface area contributed by atoms with E-state index in [0.29, 0.717) is 12.4 Å². The van der Waals surface area contributed by atoms with Crippen LogP contribution in [0, 0.1) is 6.92 Å². The Kier molecular flexibility index (Phi) is 3.07. The summed E-state index contributed by atoms with van der Waals surface area (Å²) < 4.78 is 5.45. The fourth-order valence-corrected chi connectivity index (χ4v) is 1.77. The third-order valence-corrected chi connectivity index (χ3v) is 2.59. The Labute approximate surface area is 90.2 Å². The molecule has 0 fully saturated rings. The van der Waals surface area contributed by atoms with Crippen LogP contribution >= 0.6 is 0 Å². The van der Waals surface area contributed by atoms with Gasteiger partial charge in [-0.2, -0.15) is 0 Å². The van der Waals surface area contributed by atoms with Crippen LogP contribution in [-0.4, -0.2) is 11.7 Å². The van der Waals surface area contributed by atoms with Crippen molar-refractivity contribution < 1.29 is 9.84 Å². The topological polar surface area (TPSA) is 29.5 Å². The third-order valence-electron chi connectivity index (χ3n) is 2.59. The van der Waals surface area contributed by atoms with E-state index in [1.54, 1.807) is 0 Å². The minimum atomic E-state index is -0.606. The molecule has 0 aliphatic carbocycles. The van der Waals surface area contributed by atoms with Gasteiger partial charge in [0.05, 0.1) is 6.61 Å². The quantitative estimate of drug-likeness (QED) is 0.802. The molecular weight excluding hydrogens is 188 g/mol. The van der Waals surface area contributed by atoms with E-state index in [-0.39, 0.29) is 0 Å². The van der Waals surface area contributed by atoms with Gasteiger partial charge in [0, 0.05) is 0 Å². The highest BCUT2D eigenvalue weighted by molar-refractivity contribution is 5.28. The van der Waals surface area contributed by atoms with Crippen LogP contribution in [0.2, 0.25) is 0 Å². The number of allylic oxidation sites excluding steroid dienone is 1. The molecular formula is C13H16O2. The molecule has 0 radical (unpaired) electrons. The number of benzene rings is 1. The lowest BCUT2D eigenvalue weighted by molar-refractivity contribution is 0.0918. The lowest BCUT2D eigenvalue weighted by Gasteiger charge is -2.20. The normalized spacial score (nSPS) is 17.9. The highest BCUT2D eigenvalue weighted by atomic mass is 16.5. The molecule has 1 heterocycles. The van der Waals surface area contributed by atoms with Gasteiger partial charge < -0.3 is 9.84 Å². The van der Waals surface area contributed by atoms with E-state index in [9.17, 15) is 5.11 Å². The van der Waals surface area contributed by atoms with Crippen molar-refractivity contribution in [3.63, 3.8) is 0 Å². The molecule has 0 saturated heterocycles. The van der Waals surface area contributed by atoms with Crippen LogP contribution in [-0.2, 0) is 4.74 Å². The molecule has 1 aromatic carbocycles. The summed E-state index contributed by atoms with van der Waals surface area (Å²) in [5.74, 6) is 0.701. The molecule has 1 N–H and O–H groups in total. The second-order valence-corrected chi connectivity index (χ2v) is 3.91. The molecule has 0 amide bonds. The third kappa shape index (κ3) is 2.39. The Balaban J connectivity index is 2.19. The second kappa shape index (κ2) is 4.49. The van der Waals surface area contributed by atoms with E-state index >= 15 is 0 Å². The number of hydrogen-bond acceptors (Lipinski definition) is 2. The summed E-state index contributed by atoms with van der Waals surface area (Å²) in [5, 5.41) is 10.1. The predicted octanol–water partition coefficient (Wildman–Crippen LogP) is 2.72. The van der Waals surface area contributed by atoms with Gasteiger partial charge in [0.1, 0.15) is 11.9 Å². The van der Waals surface area contributed by atoms with Crippen LogP contribution in [0.4, 0.5) is 0 Å². The molecule has 2 nitrogen and oxygen atoms in total.